The van der Waals surface area contributed by atoms with Crippen LogP contribution < -0.4 is 37.8 Å². The number of primary amides is 1. The lowest BCUT2D eigenvalue weighted by molar-refractivity contribution is -0.137. The quantitative estimate of drug-likeness (QED) is 0.0704. The number of terminal acetylenes is 1. The third kappa shape index (κ3) is 10.6. The van der Waals surface area contributed by atoms with Crippen LogP contribution in [0.4, 0.5) is 10.6 Å². The molecule has 0 bridgehead atoms. The fourth-order valence-electron chi connectivity index (χ4n) is 5.32. The van der Waals surface area contributed by atoms with E-state index in [0.29, 0.717) is 32.3 Å². The molecule has 18 heteroatoms. The van der Waals surface area contributed by atoms with Crippen LogP contribution in [-0.4, -0.2) is 91.3 Å². The van der Waals surface area contributed by atoms with Crippen molar-refractivity contribution >= 4 is 52.5 Å². The molecule has 7 N–H and O–H groups in total. The van der Waals surface area contributed by atoms with E-state index in [-0.39, 0.29) is 73.7 Å². The molecule has 0 fully saturated rings. The van der Waals surface area contributed by atoms with Gasteiger partial charge in [-0.1, -0.05) is 39.5 Å². The third-order valence-corrected chi connectivity index (χ3v) is 8.01. The van der Waals surface area contributed by atoms with Gasteiger partial charge in [-0.25, -0.2) is 14.2 Å². The van der Waals surface area contributed by atoms with Gasteiger partial charge >= 0.3 is 17.7 Å². The summed E-state index contributed by atoms with van der Waals surface area (Å²) in [4.78, 5) is 98.6. The predicted octanol–water partition coefficient (Wildman–Crippen LogP) is 0.187. The molecule has 2 aromatic rings. The summed E-state index contributed by atoms with van der Waals surface area (Å²) in [5.74, 6) is -0.984. The second-order valence-electron chi connectivity index (χ2n) is 12.3. The van der Waals surface area contributed by atoms with Crippen LogP contribution in [0.3, 0.4) is 0 Å². The van der Waals surface area contributed by atoms with E-state index in [2.05, 4.69) is 31.8 Å². The molecular weight excluding hydrogens is 664 g/mol. The van der Waals surface area contributed by atoms with Gasteiger partial charge in [0.1, 0.15) is 17.6 Å². The summed E-state index contributed by atoms with van der Waals surface area (Å²) in [7, 11) is 0. The van der Waals surface area contributed by atoms with Gasteiger partial charge in [-0.05, 0) is 38.0 Å². The van der Waals surface area contributed by atoms with Crippen LogP contribution in [0.1, 0.15) is 76.9 Å². The summed E-state index contributed by atoms with van der Waals surface area (Å²) < 4.78 is 7.41. The number of fused-ring (bicyclic) bond motifs is 1. The summed E-state index contributed by atoms with van der Waals surface area (Å²) in [5.41, 5.74) is 10.4. The zero-order chi connectivity index (χ0) is 37.7. The molecule has 3 heterocycles. The maximum atomic E-state index is 14.2. The molecule has 0 aliphatic carbocycles. The maximum Gasteiger partial charge on any atom is 0.338 e. The van der Waals surface area contributed by atoms with Crippen LogP contribution in [0.25, 0.3) is 11.2 Å². The number of nitrogens with one attached hydrogen (secondary N) is 3. The lowest BCUT2D eigenvalue weighted by Gasteiger charge is -2.25. The number of hydrogen-bond acceptors (Lipinski definition) is 11. The van der Waals surface area contributed by atoms with Crippen molar-refractivity contribution in [2.24, 2.45) is 11.7 Å². The zero-order valence-electron chi connectivity index (χ0n) is 29.1. The lowest BCUT2D eigenvalue weighted by atomic mass is 10.0. The Kier molecular flexibility index (Phi) is 14.7. The SMILES string of the molecule is C#CCn1c(=O)n(C(=O)[C@H](CCCNC(N)=O)NC(=O)[C@@H](NC(=O)CCCCCN2C(=O)C=CC2=O)C(C)C)c2c(N)nc(OCCCC)nc21. The van der Waals surface area contributed by atoms with Gasteiger partial charge in [0.15, 0.2) is 11.5 Å². The molecule has 0 saturated carbocycles. The molecule has 0 spiro atoms. The highest BCUT2D eigenvalue weighted by Crippen LogP contribution is 2.21. The average Bonchev–Trinajstić information content (AvgIpc) is 3.54. The number of carbonyl (C=O) groups is 6. The Morgan fingerprint density at radius 1 is 1.00 bits per heavy atom. The number of ether oxygens (including phenoxy) is 1. The predicted molar refractivity (Wildman–Crippen MR) is 186 cm³/mol. The number of imidazole rings is 1. The van der Waals surface area contributed by atoms with Crippen LogP contribution in [-0.2, 0) is 25.7 Å². The number of rotatable bonds is 20. The first-order chi connectivity index (χ1) is 24.3. The first kappa shape index (κ1) is 39.7. The van der Waals surface area contributed by atoms with Gasteiger partial charge in [0, 0.05) is 31.7 Å². The summed E-state index contributed by atoms with van der Waals surface area (Å²) in [5, 5.41) is 7.80. The van der Waals surface area contributed by atoms with E-state index in [0.717, 1.165) is 20.5 Å². The number of imide groups is 1. The number of aromatic nitrogens is 4. The minimum atomic E-state index is -1.33. The first-order valence-electron chi connectivity index (χ1n) is 16.9. The molecule has 2 atom stereocenters. The molecule has 0 aromatic carbocycles. The van der Waals surface area contributed by atoms with Crippen molar-refractivity contribution in [2.45, 2.75) is 90.8 Å². The maximum absolute atomic E-state index is 14.2. The van der Waals surface area contributed by atoms with Crippen molar-refractivity contribution in [1.82, 2.24) is 40.0 Å². The topological polar surface area (TPSA) is 256 Å². The van der Waals surface area contributed by atoms with E-state index in [4.69, 9.17) is 22.6 Å². The summed E-state index contributed by atoms with van der Waals surface area (Å²) in [6.45, 7) is 5.74. The normalized spacial score (nSPS) is 13.7. The molecule has 18 nitrogen and oxygen atoms in total. The van der Waals surface area contributed by atoms with E-state index in [1.54, 1.807) is 13.8 Å². The molecule has 0 radical (unpaired) electrons. The number of nitrogens with two attached hydrogens (primary N) is 2. The second-order valence-corrected chi connectivity index (χ2v) is 12.3. The van der Waals surface area contributed by atoms with Crippen molar-refractivity contribution in [3.8, 4) is 18.4 Å². The fraction of sp³-hybridized carbons (Fsp3) is 0.545. The fourth-order valence-corrected chi connectivity index (χ4v) is 5.32. The molecule has 1 aliphatic rings. The van der Waals surface area contributed by atoms with Crippen molar-refractivity contribution in [3.05, 3.63) is 22.6 Å². The molecule has 2 aromatic heterocycles. The van der Waals surface area contributed by atoms with Crippen molar-refractivity contribution in [2.75, 3.05) is 25.4 Å². The number of nitrogens with zero attached hydrogens (tertiary/aromatic N) is 5. The number of carbonyl (C=O) groups excluding carboxylic acids is 6. The van der Waals surface area contributed by atoms with Gasteiger partial charge in [0.25, 0.3) is 17.7 Å². The monoisotopic (exact) mass is 710 g/mol. The average molecular weight is 711 g/mol. The third-order valence-electron chi connectivity index (χ3n) is 8.01. The Hall–Kier alpha value is -5.73. The Morgan fingerprint density at radius 2 is 1.71 bits per heavy atom. The van der Waals surface area contributed by atoms with E-state index < -0.39 is 47.4 Å². The number of amides is 6. The summed E-state index contributed by atoms with van der Waals surface area (Å²) >= 11 is 0. The number of anilines is 1. The van der Waals surface area contributed by atoms with Crippen LogP contribution in [0, 0.1) is 18.3 Å². The molecule has 6 amide bonds. The highest BCUT2D eigenvalue weighted by molar-refractivity contribution is 6.12. The van der Waals surface area contributed by atoms with E-state index in [1.165, 1.54) is 12.2 Å². The minimum Gasteiger partial charge on any atom is -0.463 e. The standard InChI is InChI=1S/C33H46N10O8/c1-5-7-19-51-32-39-27(34)26-28(40-32)42(17-6-2)33(50)43(26)30(48)21(12-11-16-36-31(35)49)37-29(47)25(20(3)4)38-22(44)13-9-8-10-18-41-23(45)14-15-24(41)46/h2,14-15,20-21,25H,5,7-13,16-19H2,1,3-4H3,(H,37,47)(H,38,44)(H2,34,39,40)(H3,35,36,49)/t21-,25-/m0/s1. The Balaban J connectivity index is 1.80. The largest absolute Gasteiger partial charge is 0.463 e. The van der Waals surface area contributed by atoms with Crippen molar-refractivity contribution in [3.63, 3.8) is 0 Å². The Labute approximate surface area is 294 Å². The number of hydrogen-bond donors (Lipinski definition) is 5. The van der Waals surface area contributed by atoms with Crippen molar-refractivity contribution in [1.29, 1.82) is 0 Å². The number of nitrogen functional groups attached to an aromatic ring is 1. The van der Waals surface area contributed by atoms with Crippen LogP contribution >= 0.6 is 0 Å². The van der Waals surface area contributed by atoms with E-state index >= 15 is 0 Å². The lowest BCUT2D eigenvalue weighted by Crippen LogP contribution is -2.55. The molecule has 1 aliphatic heterocycles. The first-order valence-corrected chi connectivity index (χ1v) is 16.9. The van der Waals surface area contributed by atoms with Crippen LogP contribution in [0.5, 0.6) is 6.01 Å². The van der Waals surface area contributed by atoms with Gasteiger partial charge in [0.05, 0.1) is 13.2 Å². The smallest absolute Gasteiger partial charge is 0.338 e. The summed E-state index contributed by atoms with van der Waals surface area (Å²) in [6.07, 6.45) is 11.2. The highest BCUT2D eigenvalue weighted by Gasteiger charge is 2.33. The Bertz CT molecular complexity index is 1740. The van der Waals surface area contributed by atoms with Gasteiger partial charge in [0.2, 0.25) is 11.8 Å². The van der Waals surface area contributed by atoms with Crippen molar-refractivity contribution < 1.29 is 33.5 Å². The molecule has 3 rings (SSSR count). The summed E-state index contributed by atoms with van der Waals surface area (Å²) in [6, 6.07) is -3.28. The molecular formula is C33H46N10O8. The van der Waals surface area contributed by atoms with Crippen LogP contribution in [0.15, 0.2) is 16.9 Å². The highest BCUT2D eigenvalue weighted by atomic mass is 16.5. The molecule has 51 heavy (non-hydrogen) atoms. The van der Waals surface area contributed by atoms with Crippen LogP contribution in [0.2, 0.25) is 0 Å². The van der Waals surface area contributed by atoms with Gasteiger partial charge < -0.3 is 32.2 Å². The van der Waals surface area contributed by atoms with Gasteiger partial charge in [-0.15, -0.1) is 6.42 Å². The molecule has 276 valence electrons. The van der Waals surface area contributed by atoms with E-state index in [1.807, 2.05) is 6.92 Å². The Morgan fingerprint density at radius 3 is 2.33 bits per heavy atom. The number of urea groups is 1. The van der Waals surface area contributed by atoms with Gasteiger partial charge in [-0.2, -0.15) is 9.97 Å². The number of unbranched alkanes of at least 4 members (excludes halogenated alkanes) is 3. The van der Waals surface area contributed by atoms with Gasteiger partial charge in [-0.3, -0.25) is 33.4 Å². The molecule has 0 unspecified atom stereocenters. The minimum absolute atomic E-state index is 0.0339. The van der Waals surface area contributed by atoms with E-state index in [9.17, 15) is 33.6 Å². The second kappa shape index (κ2) is 18.9. The zero-order valence-corrected chi connectivity index (χ0v) is 29.1. The molecule has 0 saturated heterocycles.